The third-order valence-electron chi connectivity index (χ3n) is 8.24. The van der Waals surface area contributed by atoms with Gasteiger partial charge in [0.1, 0.15) is 23.9 Å². The van der Waals surface area contributed by atoms with Gasteiger partial charge in [0, 0.05) is 19.5 Å². The van der Waals surface area contributed by atoms with Gasteiger partial charge in [-0.1, -0.05) is 78.9 Å². The van der Waals surface area contributed by atoms with E-state index in [1.165, 1.54) is 0 Å². The highest BCUT2D eigenvalue weighted by atomic mass is 16.5. The fourth-order valence-electron chi connectivity index (χ4n) is 5.68. The first kappa shape index (κ1) is 32.2. The predicted octanol–water partition coefficient (Wildman–Crippen LogP) is 8.27. The molecule has 0 aliphatic carbocycles. The molecule has 0 spiro atoms. The van der Waals surface area contributed by atoms with Gasteiger partial charge in [0.2, 0.25) is 5.60 Å². The van der Waals surface area contributed by atoms with Crippen LogP contribution in [0.4, 0.5) is 16.2 Å². The van der Waals surface area contributed by atoms with Crippen molar-refractivity contribution in [3.63, 3.8) is 0 Å². The van der Waals surface area contributed by atoms with Crippen LogP contribution in [0, 0.1) is 0 Å². The van der Waals surface area contributed by atoms with Gasteiger partial charge in [0.05, 0.1) is 18.0 Å². The van der Waals surface area contributed by atoms with Gasteiger partial charge in [-0.2, -0.15) is 0 Å². The first-order valence-corrected chi connectivity index (χ1v) is 16.0. The van der Waals surface area contributed by atoms with E-state index in [4.69, 9.17) is 14.2 Å². The Bertz CT molecular complexity index is 1810. The molecule has 1 N–H and O–H groups in total. The topological polar surface area (TPSA) is 88.5 Å². The van der Waals surface area contributed by atoms with E-state index in [-0.39, 0.29) is 12.5 Å². The summed E-state index contributed by atoms with van der Waals surface area (Å²) in [5.74, 6) is 0.873. The Morgan fingerprint density at radius 2 is 1.35 bits per heavy atom. The number of carboxylic acid groups (broad SMARTS) is 1. The van der Waals surface area contributed by atoms with Crippen molar-refractivity contribution < 1.29 is 28.9 Å². The van der Waals surface area contributed by atoms with Gasteiger partial charge in [-0.3, -0.25) is 4.90 Å². The fourth-order valence-corrected chi connectivity index (χ4v) is 5.68. The smallest absolute Gasteiger partial charge is 0.348 e. The summed E-state index contributed by atoms with van der Waals surface area (Å²) in [7, 11) is 0. The Kier molecular flexibility index (Phi) is 9.91. The van der Waals surface area contributed by atoms with Gasteiger partial charge in [0.25, 0.3) is 0 Å². The number of para-hydroxylation sites is 2. The lowest BCUT2D eigenvalue weighted by Crippen LogP contribution is -2.45. The van der Waals surface area contributed by atoms with Crippen molar-refractivity contribution in [2.45, 2.75) is 38.5 Å². The summed E-state index contributed by atoms with van der Waals surface area (Å²) in [4.78, 5) is 29.5. The molecule has 244 valence electrons. The number of rotatable bonds is 14. The number of nitrogens with zero attached hydrogens (tertiary/aromatic N) is 2. The molecule has 0 radical (unpaired) electrons. The van der Waals surface area contributed by atoms with Crippen molar-refractivity contribution in [2.75, 3.05) is 18.1 Å². The Morgan fingerprint density at radius 1 is 0.729 bits per heavy atom. The predicted molar refractivity (Wildman–Crippen MR) is 185 cm³/mol. The number of hydrogen-bond acceptors (Lipinski definition) is 5. The Morgan fingerprint density at radius 3 is 2.06 bits per heavy atom. The van der Waals surface area contributed by atoms with Crippen LogP contribution < -0.4 is 19.1 Å². The number of ether oxygens (including phenoxy) is 3. The molecule has 8 nitrogen and oxygen atoms in total. The van der Waals surface area contributed by atoms with E-state index in [1.54, 1.807) is 24.0 Å². The molecular weight excluding hydrogens is 604 g/mol. The minimum absolute atomic E-state index is 0.0878. The molecule has 0 saturated carbocycles. The number of carbonyl (C=O) groups is 2. The van der Waals surface area contributed by atoms with Crippen molar-refractivity contribution >= 4 is 23.4 Å². The maximum Gasteiger partial charge on any atom is 0.348 e. The van der Waals surface area contributed by atoms with Gasteiger partial charge in [-0.05, 0) is 84.6 Å². The minimum Gasteiger partial charge on any atom is -0.494 e. The molecule has 48 heavy (non-hydrogen) atoms. The zero-order chi connectivity index (χ0) is 33.3. The van der Waals surface area contributed by atoms with Gasteiger partial charge in [-0.15, -0.1) is 0 Å². The molecule has 8 heteroatoms. The third kappa shape index (κ3) is 7.78. The van der Waals surface area contributed by atoms with Crippen LogP contribution in [0.25, 0.3) is 0 Å². The van der Waals surface area contributed by atoms with Crippen LogP contribution in [0.15, 0.2) is 133 Å². The lowest BCUT2D eigenvalue weighted by atomic mass is 9.96. The molecule has 1 aliphatic heterocycles. The standard InChI is InChI=1S/C40H38N2O6/c1-40(38(43)44,48-36-14-6-3-7-15-36)27-30-17-21-34(22-18-30)46-26-10-25-41-28-32-13-8-9-16-37(32)42(39(41)45)33-19-23-35(24-20-33)47-29-31-11-4-2-5-12-31/h2-9,11-24H,10,25-29H2,1H3,(H,43,44)/t40-/m0/s1. The van der Waals surface area contributed by atoms with Crippen LogP contribution in [0.2, 0.25) is 0 Å². The number of urea groups is 1. The molecule has 5 aromatic rings. The number of hydrogen-bond donors (Lipinski definition) is 1. The SMILES string of the molecule is C[C@@](Cc1ccc(OCCCN2Cc3ccccc3N(c3ccc(OCc4ccccc4)cc3)C2=O)cc1)(Oc1ccccc1)C(=O)O. The number of aliphatic carboxylic acids is 1. The highest BCUT2D eigenvalue weighted by molar-refractivity contribution is 6.01. The molecule has 1 heterocycles. The molecule has 6 rings (SSSR count). The van der Waals surface area contributed by atoms with Crippen LogP contribution in [0.1, 0.15) is 30.0 Å². The van der Waals surface area contributed by atoms with Gasteiger partial charge in [0.15, 0.2) is 0 Å². The van der Waals surface area contributed by atoms with E-state index in [0.717, 1.165) is 33.8 Å². The van der Waals surface area contributed by atoms with Gasteiger partial charge in [-0.25, -0.2) is 9.59 Å². The molecule has 0 bridgehead atoms. The average Bonchev–Trinajstić information content (AvgIpc) is 3.11. The van der Waals surface area contributed by atoms with Crippen molar-refractivity contribution in [3.8, 4) is 17.2 Å². The second-order valence-corrected chi connectivity index (χ2v) is 11.9. The monoisotopic (exact) mass is 642 g/mol. The molecule has 5 aromatic carbocycles. The molecule has 0 unspecified atom stereocenters. The van der Waals surface area contributed by atoms with Crippen LogP contribution in [0.5, 0.6) is 17.2 Å². The Balaban J connectivity index is 1.04. The summed E-state index contributed by atoms with van der Waals surface area (Å²) in [6, 6.07) is 41.8. The van der Waals surface area contributed by atoms with Gasteiger partial charge < -0.3 is 24.2 Å². The highest BCUT2D eigenvalue weighted by Gasteiger charge is 2.36. The molecular formula is C40H38N2O6. The summed E-state index contributed by atoms with van der Waals surface area (Å²) in [6.45, 7) is 3.51. The molecule has 2 amide bonds. The first-order valence-electron chi connectivity index (χ1n) is 16.0. The normalized spacial score (nSPS) is 13.7. The van der Waals surface area contributed by atoms with Crippen molar-refractivity contribution in [3.05, 3.63) is 150 Å². The maximum absolute atomic E-state index is 13.8. The molecule has 1 aliphatic rings. The second-order valence-electron chi connectivity index (χ2n) is 11.9. The van der Waals surface area contributed by atoms with Crippen molar-refractivity contribution in [1.29, 1.82) is 0 Å². The number of anilines is 2. The zero-order valence-corrected chi connectivity index (χ0v) is 26.8. The average molecular weight is 643 g/mol. The lowest BCUT2D eigenvalue weighted by Gasteiger charge is -2.37. The van der Waals surface area contributed by atoms with E-state index < -0.39 is 11.6 Å². The van der Waals surface area contributed by atoms with E-state index >= 15 is 0 Å². The quantitative estimate of drug-likeness (QED) is 0.123. The second kappa shape index (κ2) is 14.8. The summed E-state index contributed by atoms with van der Waals surface area (Å²) in [5.41, 5.74) is 3.20. The van der Waals surface area contributed by atoms with Crippen LogP contribution in [-0.4, -0.2) is 40.8 Å². The van der Waals surface area contributed by atoms with E-state index in [1.807, 2.05) is 120 Å². The van der Waals surface area contributed by atoms with Crippen LogP contribution in [0.3, 0.4) is 0 Å². The number of carboxylic acids is 1. The maximum atomic E-state index is 13.8. The minimum atomic E-state index is -1.42. The largest absolute Gasteiger partial charge is 0.494 e. The number of amides is 2. The van der Waals surface area contributed by atoms with E-state index in [9.17, 15) is 14.7 Å². The van der Waals surface area contributed by atoms with Gasteiger partial charge >= 0.3 is 12.0 Å². The Labute approximate surface area is 280 Å². The van der Waals surface area contributed by atoms with Crippen molar-refractivity contribution in [1.82, 2.24) is 4.90 Å². The number of fused-ring (bicyclic) bond motifs is 1. The number of carbonyl (C=O) groups excluding carboxylic acids is 1. The van der Waals surface area contributed by atoms with Crippen molar-refractivity contribution in [2.24, 2.45) is 0 Å². The first-order chi connectivity index (χ1) is 23.4. The summed E-state index contributed by atoms with van der Waals surface area (Å²) in [6.07, 6.45) is 0.827. The molecule has 1 atom stereocenters. The number of benzene rings is 5. The van der Waals surface area contributed by atoms with E-state index in [0.29, 0.717) is 44.2 Å². The molecule has 0 saturated heterocycles. The summed E-state index contributed by atoms with van der Waals surface area (Å²) in [5, 5.41) is 9.90. The molecule has 0 fully saturated rings. The summed E-state index contributed by atoms with van der Waals surface area (Å²) >= 11 is 0. The third-order valence-corrected chi connectivity index (χ3v) is 8.24. The van der Waals surface area contributed by atoms with Crippen LogP contribution in [-0.2, 0) is 24.4 Å². The zero-order valence-electron chi connectivity index (χ0n) is 26.8. The Hall–Kier alpha value is -5.76. The molecule has 0 aromatic heterocycles. The highest BCUT2D eigenvalue weighted by Crippen LogP contribution is 2.35. The lowest BCUT2D eigenvalue weighted by molar-refractivity contribution is -0.153. The van der Waals surface area contributed by atoms with Crippen LogP contribution >= 0.6 is 0 Å². The van der Waals surface area contributed by atoms with E-state index in [2.05, 4.69) is 6.07 Å². The summed E-state index contributed by atoms with van der Waals surface area (Å²) < 4.78 is 17.8. The fraction of sp³-hybridized carbons (Fsp3) is 0.200.